The molecule has 304 valence electrons. The van der Waals surface area contributed by atoms with Crippen LogP contribution in [0.15, 0.2) is 134 Å². The van der Waals surface area contributed by atoms with E-state index in [4.69, 9.17) is 9.97 Å². The number of benzene rings is 4. The number of urea groups is 2. The molecule has 0 bridgehead atoms. The van der Waals surface area contributed by atoms with E-state index in [9.17, 15) is 19.2 Å². The molecule has 2 aliphatic heterocycles. The maximum atomic E-state index is 13.9. The number of hydrogen-bond donors (Lipinski definition) is 6. The van der Waals surface area contributed by atoms with E-state index in [0.717, 1.165) is 46.5 Å². The number of aromatic nitrogens is 4. The third-order valence-electron chi connectivity index (χ3n) is 11.0. The second-order valence-electron chi connectivity index (χ2n) is 14.7. The van der Waals surface area contributed by atoms with Crippen molar-refractivity contribution in [2.45, 2.75) is 37.0 Å². The van der Waals surface area contributed by atoms with E-state index in [1.54, 1.807) is 4.90 Å². The number of nitrogens with zero attached hydrogens (tertiary/aromatic N) is 4. The van der Waals surface area contributed by atoms with Gasteiger partial charge in [-0.15, -0.1) is 0 Å². The minimum atomic E-state index is -0.860. The van der Waals surface area contributed by atoms with Crippen LogP contribution in [0, 0.1) is 0 Å². The van der Waals surface area contributed by atoms with Crippen molar-refractivity contribution in [3.63, 3.8) is 0 Å². The number of nitrogens with one attached hydrogen (secondary N) is 6. The van der Waals surface area contributed by atoms with Crippen molar-refractivity contribution in [2.24, 2.45) is 0 Å². The molecule has 3 unspecified atom stereocenters. The van der Waals surface area contributed by atoms with Crippen LogP contribution in [0.5, 0.6) is 0 Å². The zero-order valence-electron chi connectivity index (χ0n) is 33.3. The van der Waals surface area contributed by atoms with Gasteiger partial charge in [0.1, 0.15) is 29.8 Å². The molecule has 0 saturated carbocycles. The fourth-order valence-electron chi connectivity index (χ4n) is 7.86. The van der Waals surface area contributed by atoms with Gasteiger partial charge in [0.25, 0.3) is 5.91 Å². The van der Waals surface area contributed by atoms with Gasteiger partial charge in [-0.1, -0.05) is 121 Å². The van der Waals surface area contributed by atoms with Crippen LogP contribution in [0.1, 0.15) is 59.8 Å². The van der Waals surface area contributed by atoms with E-state index >= 15 is 0 Å². The second kappa shape index (κ2) is 17.6. The molecule has 2 aromatic heterocycles. The zero-order valence-corrected chi connectivity index (χ0v) is 33.3. The summed E-state index contributed by atoms with van der Waals surface area (Å²) in [5, 5.41) is 10.7. The Bertz CT molecular complexity index is 2480. The first-order valence-electron chi connectivity index (χ1n) is 20.0. The summed E-state index contributed by atoms with van der Waals surface area (Å²) in [5.41, 5.74) is 6.86. The number of imidazole rings is 2. The molecule has 14 nitrogen and oxygen atoms in total. The average Bonchev–Trinajstić information content (AvgIpc) is 4.15. The first-order valence-corrected chi connectivity index (χ1v) is 20.0. The van der Waals surface area contributed by atoms with Crippen molar-refractivity contribution >= 4 is 23.9 Å². The SMILES string of the molecule is CNC(=O)NC(C(=O)N1CC=CC1c1nc(-c2ccc(-c3ccc(-c4c[nH]c([C@@H]5CCCN5C(=O)C(NC(=O)NC)c5ccccc5)n4)cc3)cc2)c[nH]1)c1ccccc1. The van der Waals surface area contributed by atoms with Gasteiger partial charge < -0.3 is 41.0 Å². The van der Waals surface area contributed by atoms with Crippen molar-refractivity contribution < 1.29 is 19.2 Å². The van der Waals surface area contributed by atoms with Gasteiger partial charge in [0.05, 0.1) is 17.4 Å². The van der Waals surface area contributed by atoms with Crippen LogP contribution < -0.4 is 21.3 Å². The van der Waals surface area contributed by atoms with Crippen LogP contribution in [0.25, 0.3) is 33.6 Å². The first kappa shape index (κ1) is 39.4. The van der Waals surface area contributed by atoms with Gasteiger partial charge in [-0.3, -0.25) is 9.59 Å². The molecule has 1 fully saturated rings. The molecule has 60 heavy (non-hydrogen) atoms. The molecule has 0 aliphatic carbocycles. The molecule has 4 heterocycles. The van der Waals surface area contributed by atoms with Crippen molar-refractivity contribution in [2.75, 3.05) is 27.2 Å². The summed E-state index contributed by atoms with van der Waals surface area (Å²) in [6.07, 6.45) is 9.18. The van der Waals surface area contributed by atoms with Crippen LogP contribution in [0.4, 0.5) is 9.59 Å². The number of aromatic amines is 2. The maximum Gasteiger partial charge on any atom is 0.315 e. The first-order chi connectivity index (χ1) is 29.3. The third kappa shape index (κ3) is 8.25. The highest BCUT2D eigenvalue weighted by molar-refractivity contribution is 5.89. The largest absolute Gasteiger partial charge is 0.346 e. The fourth-order valence-corrected chi connectivity index (χ4v) is 7.86. The Morgan fingerprint density at radius 1 is 0.617 bits per heavy atom. The van der Waals surface area contributed by atoms with Crippen LogP contribution >= 0.6 is 0 Å². The number of rotatable bonds is 11. The normalized spacial score (nSPS) is 16.9. The molecule has 0 radical (unpaired) electrons. The van der Waals surface area contributed by atoms with E-state index in [1.807, 2.05) is 114 Å². The Balaban J connectivity index is 0.929. The summed E-state index contributed by atoms with van der Waals surface area (Å²) in [6, 6.07) is 31.6. The molecule has 6 amide bonds. The van der Waals surface area contributed by atoms with Crippen LogP contribution in [0.2, 0.25) is 0 Å². The van der Waals surface area contributed by atoms with Crippen LogP contribution in [0.3, 0.4) is 0 Å². The number of hydrogen-bond acceptors (Lipinski definition) is 6. The predicted octanol–water partition coefficient (Wildman–Crippen LogP) is 6.58. The van der Waals surface area contributed by atoms with Gasteiger partial charge in [0.2, 0.25) is 5.91 Å². The molecule has 6 N–H and O–H groups in total. The van der Waals surface area contributed by atoms with Crippen molar-refractivity contribution in [3.8, 4) is 33.6 Å². The topological polar surface area (TPSA) is 180 Å². The summed E-state index contributed by atoms with van der Waals surface area (Å²) in [7, 11) is 3.05. The Hall–Kier alpha value is -7.48. The van der Waals surface area contributed by atoms with E-state index in [0.29, 0.717) is 35.9 Å². The van der Waals surface area contributed by atoms with E-state index in [2.05, 4.69) is 55.5 Å². The van der Waals surface area contributed by atoms with Crippen molar-refractivity contribution in [1.29, 1.82) is 0 Å². The lowest BCUT2D eigenvalue weighted by molar-refractivity contribution is -0.135. The highest BCUT2D eigenvalue weighted by Gasteiger charge is 2.37. The third-order valence-corrected chi connectivity index (χ3v) is 11.0. The zero-order chi connectivity index (χ0) is 41.6. The Morgan fingerprint density at radius 3 is 1.60 bits per heavy atom. The second-order valence-corrected chi connectivity index (χ2v) is 14.7. The molecule has 8 rings (SSSR count). The lowest BCUT2D eigenvalue weighted by Gasteiger charge is -2.28. The fraction of sp³-hybridized carbons (Fsp3) is 0.217. The maximum absolute atomic E-state index is 13.9. The molecule has 0 spiro atoms. The molecule has 4 atom stereocenters. The van der Waals surface area contributed by atoms with Gasteiger partial charge in [-0.25, -0.2) is 19.6 Å². The minimum Gasteiger partial charge on any atom is -0.346 e. The Kier molecular flexibility index (Phi) is 11.5. The lowest BCUT2D eigenvalue weighted by Crippen LogP contribution is -2.45. The summed E-state index contributed by atoms with van der Waals surface area (Å²) >= 11 is 0. The van der Waals surface area contributed by atoms with Crippen molar-refractivity contribution in [1.82, 2.24) is 51.0 Å². The molecule has 2 aliphatic rings. The number of amides is 6. The number of carbonyl (C=O) groups is 4. The van der Waals surface area contributed by atoms with E-state index in [-0.39, 0.29) is 17.9 Å². The summed E-state index contributed by atoms with van der Waals surface area (Å²) in [6.45, 7) is 0.960. The van der Waals surface area contributed by atoms with Gasteiger partial charge >= 0.3 is 12.1 Å². The van der Waals surface area contributed by atoms with Crippen LogP contribution in [-0.2, 0) is 9.59 Å². The molecule has 1 saturated heterocycles. The van der Waals surface area contributed by atoms with Crippen LogP contribution in [-0.4, -0.2) is 80.8 Å². The average molecular weight is 803 g/mol. The minimum absolute atomic E-state index is 0.177. The Labute approximate surface area is 347 Å². The van der Waals surface area contributed by atoms with Gasteiger partial charge in [-0.2, -0.15) is 0 Å². The molecule has 14 heteroatoms. The standard InChI is InChI=1S/C46H46N10O4/c1-47-45(59)53-39(33-11-5-3-6-12-33)43(57)55-25-9-15-37(55)41-49-27-35(51-41)31-21-17-29(18-22-31)30-19-23-32(24-20-30)36-28-50-42(52-36)38-16-10-26-56(38)44(58)40(54-46(60)48-2)34-13-7-4-8-14-34/h3-9,11-15,17-24,27-28,37-40H,10,16,25-26H2,1-2H3,(H,49,51)(H,50,52)(H2,47,53,59)(H2,48,54,60)/t37?,38-,39?,40?/m0/s1. The van der Waals surface area contributed by atoms with E-state index in [1.165, 1.54) is 14.1 Å². The molecular weight excluding hydrogens is 757 g/mol. The molecular formula is C46H46N10O4. The van der Waals surface area contributed by atoms with Gasteiger partial charge in [-0.05, 0) is 35.1 Å². The smallest absolute Gasteiger partial charge is 0.315 e. The highest BCUT2D eigenvalue weighted by atomic mass is 16.2. The number of carbonyl (C=O) groups excluding carboxylic acids is 4. The Morgan fingerprint density at radius 2 is 1.08 bits per heavy atom. The number of H-pyrrole nitrogens is 2. The lowest BCUT2D eigenvalue weighted by atomic mass is 10.0. The van der Waals surface area contributed by atoms with Gasteiger partial charge in [0.15, 0.2) is 0 Å². The highest BCUT2D eigenvalue weighted by Crippen LogP contribution is 2.35. The van der Waals surface area contributed by atoms with Crippen molar-refractivity contribution in [3.05, 3.63) is 157 Å². The number of likely N-dealkylation sites (tertiary alicyclic amines) is 1. The predicted molar refractivity (Wildman–Crippen MR) is 228 cm³/mol. The monoisotopic (exact) mass is 802 g/mol. The summed E-state index contributed by atoms with van der Waals surface area (Å²) in [5.74, 6) is 0.922. The van der Waals surface area contributed by atoms with E-state index < -0.39 is 30.2 Å². The summed E-state index contributed by atoms with van der Waals surface area (Å²) < 4.78 is 0. The van der Waals surface area contributed by atoms with Gasteiger partial charge in [0, 0.05) is 50.7 Å². The molecule has 6 aromatic rings. The summed E-state index contributed by atoms with van der Waals surface area (Å²) in [4.78, 5) is 72.4. The molecule has 4 aromatic carbocycles. The quantitative estimate of drug-likeness (QED) is 0.0806.